The Hall–Kier alpha value is -4.17. The maximum Gasteiger partial charge on any atom is 0.346 e. The molecule has 0 atom stereocenters. The number of fused-ring (bicyclic) bond motifs is 2. The fourth-order valence-electron chi connectivity index (χ4n) is 3.42. The third kappa shape index (κ3) is 3.92. The van der Waals surface area contributed by atoms with Crippen molar-refractivity contribution in [2.45, 2.75) is 0 Å². The van der Waals surface area contributed by atoms with E-state index in [2.05, 4.69) is 4.98 Å². The summed E-state index contributed by atoms with van der Waals surface area (Å²) in [6.45, 7) is 0. The van der Waals surface area contributed by atoms with Crippen molar-refractivity contribution >= 4 is 38.5 Å². The molecule has 0 N–H and O–H groups in total. The summed E-state index contributed by atoms with van der Waals surface area (Å²) in [5.41, 5.74) is 1.31. The first-order valence-electron chi connectivity index (χ1n) is 9.94. The molecular weight excluding hydrogens is 442 g/mol. The molecule has 5 aromatic rings. The molecule has 0 amide bonds. The zero-order valence-electron chi connectivity index (χ0n) is 17.7. The smallest absolute Gasteiger partial charge is 0.346 e. The number of carbonyl (C=O) groups excluding carboxylic acids is 1. The highest BCUT2D eigenvalue weighted by Crippen LogP contribution is 2.31. The Kier molecular flexibility index (Phi) is 5.27. The lowest BCUT2D eigenvalue weighted by Crippen LogP contribution is -2.09. The summed E-state index contributed by atoms with van der Waals surface area (Å²) >= 11 is 1.43. The Morgan fingerprint density at radius 2 is 1.76 bits per heavy atom. The topological polar surface area (TPSA) is 87.9 Å². The molecule has 0 radical (unpaired) electrons. The van der Waals surface area contributed by atoms with Crippen LogP contribution >= 0.6 is 11.3 Å². The molecule has 0 aliphatic rings. The Balaban J connectivity index is 1.45. The van der Waals surface area contributed by atoms with E-state index in [1.807, 2.05) is 24.3 Å². The van der Waals surface area contributed by atoms with Gasteiger partial charge in [0.15, 0.2) is 11.5 Å². The third-order valence-electron chi connectivity index (χ3n) is 5.06. The number of benzene rings is 3. The second kappa shape index (κ2) is 8.40. The minimum absolute atomic E-state index is 0.248. The highest BCUT2D eigenvalue weighted by Gasteiger charge is 2.16. The van der Waals surface area contributed by atoms with E-state index in [1.165, 1.54) is 37.7 Å². The number of nitrogens with zero attached hydrogens (tertiary/aromatic N) is 1. The van der Waals surface area contributed by atoms with Crippen LogP contribution in [0.25, 0.3) is 31.8 Å². The lowest BCUT2D eigenvalue weighted by atomic mass is 10.2. The molecule has 0 unspecified atom stereocenters. The van der Waals surface area contributed by atoms with Gasteiger partial charge < -0.3 is 18.6 Å². The SMILES string of the molecule is COc1ccc(C(=O)Oc2ccc3cc(-c4nc5ccccc5s4)c(=O)oc3c2)cc1OC. The van der Waals surface area contributed by atoms with Gasteiger partial charge in [-0.1, -0.05) is 12.1 Å². The van der Waals surface area contributed by atoms with E-state index in [-0.39, 0.29) is 5.75 Å². The second-order valence-corrected chi connectivity index (χ2v) is 8.12. The van der Waals surface area contributed by atoms with Crippen LogP contribution in [0.3, 0.4) is 0 Å². The zero-order valence-corrected chi connectivity index (χ0v) is 18.5. The first kappa shape index (κ1) is 20.7. The molecule has 33 heavy (non-hydrogen) atoms. The van der Waals surface area contributed by atoms with E-state index < -0.39 is 11.6 Å². The summed E-state index contributed by atoms with van der Waals surface area (Å²) in [5, 5.41) is 1.28. The van der Waals surface area contributed by atoms with Crippen molar-refractivity contribution in [3.8, 4) is 27.8 Å². The molecule has 2 heterocycles. The summed E-state index contributed by atoms with van der Waals surface area (Å²) in [7, 11) is 3.00. The third-order valence-corrected chi connectivity index (χ3v) is 6.13. The van der Waals surface area contributed by atoms with E-state index in [0.29, 0.717) is 38.6 Å². The molecular formula is C25H17NO6S. The van der Waals surface area contributed by atoms with Crippen molar-refractivity contribution in [3.05, 3.63) is 82.7 Å². The van der Waals surface area contributed by atoms with Gasteiger partial charge in [-0.3, -0.25) is 0 Å². The molecule has 0 saturated carbocycles. The molecule has 0 aliphatic carbocycles. The van der Waals surface area contributed by atoms with E-state index in [1.54, 1.807) is 30.3 Å². The van der Waals surface area contributed by atoms with Crippen LogP contribution in [0.5, 0.6) is 17.2 Å². The van der Waals surface area contributed by atoms with E-state index >= 15 is 0 Å². The lowest BCUT2D eigenvalue weighted by Gasteiger charge is -2.10. The van der Waals surface area contributed by atoms with Crippen LogP contribution in [0.15, 0.2) is 75.9 Å². The van der Waals surface area contributed by atoms with Gasteiger partial charge in [0.1, 0.15) is 16.3 Å². The number of hydrogen-bond acceptors (Lipinski definition) is 8. The highest BCUT2D eigenvalue weighted by molar-refractivity contribution is 7.21. The first-order chi connectivity index (χ1) is 16.1. The minimum Gasteiger partial charge on any atom is -0.493 e. The Labute approximate surface area is 191 Å². The number of methoxy groups -OCH3 is 2. The standard InChI is InChI=1S/C25H17NO6S/c1-29-19-10-8-15(12-21(19)30-2)24(27)31-16-9-7-14-11-17(25(28)32-20(14)13-16)23-26-18-5-3-4-6-22(18)33-23/h3-13H,1-2H3. The van der Waals surface area contributed by atoms with Gasteiger partial charge in [-0.2, -0.15) is 0 Å². The maximum absolute atomic E-state index is 12.7. The first-order valence-corrected chi connectivity index (χ1v) is 10.8. The van der Waals surface area contributed by atoms with Crippen molar-refractivity contribution in [1.29, 1.82) is 0 Å². The fourth-order valence-corrected chi connectivity index (χ4v) is 4.39. The summed E-state index contributed by atoms with van der Waals surface area (Å²) in [6.07, 6.45) is 0. The molecule has 0 fully saturated rings. The predicted molar refractivity (Wildman–Crippen MR) is 126 cm³/mol. The van der Waals surface area contributed by atoms with Crippen LogP contribution in [0.1, 0.15) is 10.4 Å². The van der Waals surface area contributed by atoms with Crippen LogP contribution in [0, 0.1) is 0 Å². The van der Waals surface area contributed by atoms with Gasteiger partial charge in [-0.05, 0) is 48.5 Å². The fraction of sp³-hybridized carbons (Fsp3) is 0.0800. The average Bonchev–Trinajstić information content (AvgIpc) is 3.27. The van der Waals surface area contributed by atoms with Gasteiger partial charge in [-0.25, -0.2) is 14.6 Å². The van der Waals surface area contributed by atoms with Crippen LogP contribution in [0.2, 0.25) is 0 Å². The van der Waals surface area contributed by atoms with Gasteiger partial charge >= 0.3 is 11.6 Å². The summed E-state index contributed by atoms with van der Waals surface area (Å²) < 4.78 is 22.4. The van der Waals surface area contributed by atoms with Crippen LogP contribution in [-0.2, 0) is 0 Å². The molecule has 164 valence electrons. The van der Waals surface area contributed by atoms with Gasteiger partial charge in [0, 0.05) is 11.5 Å². The quantitative estimate of drug-likeness (QED) is 0.200. The van der Waals surface area contributed by atoms with Gasteiger partial charge in [0.05, 0.1) is 35.6 Å². The van der Waals surface area contributed by atoms with Crippen molar-refractivity contribution in [3.63, 3.8) is 0 Å². The summed E-state index contributed by atoms with van der Waals surface area (Å²) in [4.78, 5) is 29.8. The number of ether oxygens (including phenoxy) is 3. The molecule has 3 aromatic carbocycles. The predicted octanol–water partition coefficient (Wildman–Crippen LogP) is 5.31. The van der Waals surface area contributed by atoms with Gasteiger partial charge in [-0.15, -0.1) is 11.3 Å². The molecule has 0 aliphatic heterocycles. The number of esters is 1. The number of aromatic nitrogens is 1. The van der Waals surface area contributed by atoms with Crippen molar-refractivity contribution in [2.75, 3.05) is 14.2 Å². The van der Waals surface area contributed by atoms with Crippen molar-refractivity contribution < 1.29 is 23.4 Å². The van der Waals surface area contributed by atoms with Crippen LogP contribution in [0.4, 0.5) is 0 Å². The van der Waals surface area contributed by atoms with Gasteiger partial charge in [0.25, 0.3) is 0 Å². The van der Waals surface area contributed by atoms with Crippen molar-refractivity contribution in [2.24, 2.45) is 0 Å². The van der Waals surface area contributed by atoms with E-state index in [4.69, 9.17) is 18.6 Å². The number of para-hydroxylation sites is 1. The number of hydrogen-bond donors (Lipinski definition) is 0. The van der Waals surface area contributed by atoms with E-state index in [0.717, 1.165) is 10.2 Å². The molecule has 2 aromatic heterocycles. The molecule has 5 rings (SSSR count). The average molecular weight is 459 g/mol. The van der Waals surface area contributed by atoms with E-state index in [9.17, 15) is 9.59 Å². The van der Waals surface area contributed by atoms with Crippen molar-refractivity contribution in [1.82, 2.24) is 4.98 Å². The number of thiazole rings is 1. The molecule has 0 bridgehead atoms. The Morgan fingerprint density at radius 3 is 2.55 bits per heavy atom. The molecule has 7 nitrogen and oxygen atoms in total. The summed E-state index contributed by atoms with van der Waals surface area (Å²) in [5.74, 6) is 0.589. The van der Waals surface area contributed by atoms with Crippen LogP contribution in [-0.4, -0.2) is 25.2 Å². The van der Waals surface area contributed by atoms with Crippen LogP contribution < -0.4 is 19.8 Å². The Morgan fingerprint density at radius 1 is 0.939 bits per heavy atom. The summed E-state index contributed by atoms with van der Waals surface area (Å²) in [6, 6.07) is 19.0. The van der Waals surface area contributed by atoms with Gasteiger partial charge in [0.2, 0.25) is 0 Å². The number of rotatable bonds is 5. The molecule has 0 saturated heterocycles. The zero-order chi connectivity index (χ0) is 22.9. The maximum atomic E-state index is 12.7. The second-order valence-electron chi connectivity index (χ2n) is 7.09. The Bertz CT molecular complexity index is 1540. The molecule has 0 spiro atoms. The number of carbonyl (C=O) groups is 1. The lowest BCUT2D eigenvalue weighted by molar-refractivity contribution is 0.0734. The normalized spacial score (nSPS) is 11.0. The molecule has 8 heteroatoms. The monoisotopic (exact) mass is 459 g/mol. The highest BCUT2D eigenvalue weighted by atomic mass is 32.1. The minimum atomic E-state index is -0.580. The largest absolute Gasteiger partial charge is 0.493 e.